The predicted octanol–water partition coefficient (Wildman–Crippen LogP) is 3.49. The standard InChI is InChI=1S/C17H11ClN2O3/c18-11-4-5-14-10(6-11)8-13-16(22)19-15(20-17(13)23-14)9-2-1-3-12(21)7-9/h1-7,21H,8H2,(H,19,20,22). The highest BCUT2D eigenvalue weighted by atomic mass is 35.5. The summed E-state index contributed by atoms with van der Waals surface area (Å²) in [5.41, 5.74) is 1.65. The second kappa shape index (κ2) is 5.14. The predicted molar refractivity (Wildman–Crippen MR) is 86.3 cm³/mol. The highest BCUT2D eigenvalue weighted by molar-refractivity contribution is 6.30. The van der Waals surface area contributed by atoms with Crippen molar-refractivity contribution in [3.05, 3.63) is 69.0 Å². The molecule has 0 fully saturated rings. The lowest BCUT2D eigenvalue weighted by Crippen LogP contribution is -2.20. The molecule has 23 heavy (non-hydrogen) atoms. The van der Waals surface area contributed by atoms with Crippen LogP contribution in [0.4, 0.5) is 0 Å². The number of benzene rings is 2. The molecular weight excluding hydrogens is 316 g/mol. The van der Waals surface area contributed by atoms with Crippen LogP contribution in [0.3, 0.4) is 0 Å². The number of rotatable bonds is 1. The van der Waals surface area contributed by atoms with Crippen LogP contribution in [0.15, 0.2) is 47.3 Å². The zero-order valence-electron chi connectivity index (χ0n) is 11.8. The number of aromatic amines is 1. The summed E-state index contributed by atoms with van der Waals surface area (Å²) in [5.74, 6) is 1.37. The van der Waals surface area contributed by atoms with Gasteiger partial charge in [-0.1, -0.05) is 23.7 Å². The average molecular weight is 327 g/mol. The highest BCUT2D eigenvalue weighted by Gasteiger charge is 2.22. The fraction of sp³-hybridized carbons (Fsp3) is 0.0588. The number of nitrogens with one attached hydrogen (secondary N) is 1. The number of hydrogen-bond donors (Lipinski definition) is 2. The monoisotopic (exact) mass is 326 g/mol. The molecule has 0 atom stereocenters. The number of fused-ring (bicyclic) bond motifs is 2. The topological polar surface area (TPSA) is 75.2 Å². The third kappa shape index (κ3) is 2.45. The summed E-state index contributed by atoms with van der Waals surface area (Å²) < 4.78 is 5.75. The number of H-pyrrole nitrogens is 1. The lowest BCUT2D eigenvalue weighted by Gasteiger charge is -2.19. The first kappa shape index (κ1) is 13.8. The molecule has 0 amide bonds. The van der Waals surface area contributed by atoms with Gasteiger partial charge in [0.05, 0.1) is 5.56 Å². The second-order valence-electron chi connectivity index (χ2n) is 5.28. The van der Waals surface area contributed by atoms with Crippen LogP contribution in [-0.2, 0) is 6.42 Å². The molecular formula is C17H11ClN2O3. The van der Waals surface area contributed by atoms with Crippen LogP contribution in [0, 0.1) is 0 Å². The summed E-state index contributed by atoms with van der Waals surface area (Å²) in [7, 11) is 0. The molecule has 2 aromatic carbocycles. The number of phenols is 1. The summed E-state index contributed by atoms with van der Waals surface area (Å²) in [5, 5.41) is 10.2. The fourth-order valence-electron chi connectivity index (χ4n) is 2.59. The lowest BCUT2D eigenvalue weighted by molar-refractivity contribution is 0.438. The van der Waals surface area contributed by atoms with Gasteiger partial charge in [-0.15, -0.1) is 0 Å². The van der Waals surface area contributed by atoms with Gasteiger partial charge in [0.2, 0.25) is 5.88 Å². The molecule has 2 N–H and O–H groups in total. The summed E-state index contributed by atoms with van der Waals surface area (Å²) in [4.78, 5) is 19.5. The van der Waals surface area contributed by atoms with Gasteiger partial charge < -0.3 is 14.8 Å². The van der Waals surface area contributed by atoms with Gasteiger partial charge in [0.1, 0.15) is 17.3 Å². The Bertz CT molecular complexity index is 982. The van der Waals surface area contributed by atoms with Crippen molar-refractivity contribution in [2.24, 2.45) is 0 Å². The van der Waals surface area contributed by atoms with Crippen molar-refractivity contribution >= 4 is 11.6 Å². The van der Waals surface area contributed by atoms with E-state index in [1.54, 1.807) is 36.4 Å². The number of phenolic OH excluding ortho intramolecular Hbond substituents is 1. The van der Waals surface area contributed by atoms with Gasteiger partial charge in [-0.05, 0) is 30.3 Å². The van der Waals surface area contributed by atoms with Crippen molar-refractivity contribution in [2.75, 3.05) is 0 Å². The second-order valence-corrected chi connectivity index (χ2v) is 5.72. The van der Waals surface area contributed by atoms with Gasteiger partial charge in [0.25, 0.3) is 5.56 Å². The molecule has 4 rings (SSSR count). The Labute approximate surface area is 136 Å². The van der Waals surface area contributed by atoms with Crippen molar-refractivity contribution < 1.29 is 9.84 Å². The van der Waals surface area contributed by atoms with Crippen molar-refractivity contribution in [1.82, 2.24) is 9.97 Å². The number of halogens is 1. The average Bonchev–Trinajstić information content (AvgIpc) is 2.53. The molecule has 1 aliphatic heterocycles. The van der Waals surface area contributed by atoms with E-state index >= 15 is 0 Å². The van der Waals surface area contributed by atoms with Gasteiger partial charge in [0.15, 0.2) is 0 Å². The summed E-state index contributed by atoms with van der Waals surface area (Å²) in [6.45, 7) is 0. The number of nitrogens with zero attached hydrogens (tertiary/aromatic N) is 1. The Morgan fingerprint density at radius 1 is 1.22 bits per heavy atom. The van der Waals surface area contributed by atoms with E-state index in [2.05, 4.69) is 9.97 Å². The number of ether oxygens (including phenoxy) is 1. The Morgan fingerprint density at radius 2 is 2.09 bits per heavy atom. The molecule has 0 radical (unpaired) electrons. The van der Waals surface area contributed by atoms with Crippen LogP contribution in [-0.4, -0.2) is 15.1 Å². The third-order valence-electron chi connectivity index (χ3n) is 3.69. The molecule has 0 saturated carbocycles. The maximum absolute atomic E-state index is 12.4. The van der Waals surface area contributed by atoms with Crippen molar-refractivity contribution in [3.8, 4) is 28.8 Å². The number of aromatic nitrogens is 2. The van der Waals surface area contributed by atoms with E-state index in [0.29, 0.717) is 34.1 Å². The van der Waals surface area contributed by atoms with Crippen molar-refractivity contribution in [2.45, 2.75) is 6.42 Å². The fourth-order valence-corrected chi connectivity index (χ4v) is 2.78. The van der Waals surface area contributed by atoms with Crippen LogP contribution in [0.1, 0.15) is 11.1 Å². The van der Waals surface area contributed by atoms with Gasteiger partial charge >= 0.3 is 0 Å². The summed E-state index contributed by atoms with van der Waals surface area (Å²) >= 11 is 5.98. The minimum Gasteiger partial charge on any atom is -0.508 e. The lowest BCUT2D eigenvalue weighted by atomic mass is 10.0. The molecule has 0 saturated heterocycles. The highest BCUT2D eigenvalue weighted by Crippen LogP contribution is 2.35. The van der Waals surface area contributed by atoms with Gasteiger partial charge in [-0.25, -0.2) is 0 Å². The molecule has 114 valence electrons. The van der Waals surface area contributed by atoms with E-state index in [4.69, 9.17) is 16.3 Å². The first-order valence-electron chi connectivity index (χ1n) is 6.99. The Balaban J connectivity index is 1.83. The van der Waals surface area contributed by atoms with E-state index < -0.39 is 0 Å². The van der Waals surface area contributed by atoms with Gasteiger partial charge in [-0.3, -0.25) is 4.79 Å². The smallest absolute Gasteiger partial charge is 0.258 e. The third-order valence-corrected chi connectivity index (χ3v) is 3.93. The van der Waals surface area contributed by atoms with E-state index in [9.17, 15) is 9.90 Å². The van der Waals surface area contributed by atoms with Crippen molar-refractivity contribution in [3.63, 3.8) is 0 Å². The van der Waals surface area contributed by atoms with Crippen LogP contribution < -0.4 is 10.3 Å². The molecule has 5 nitrogen and oxygen atoms in total. The molecule has 0 aliphatic carbocycles. The zero-order valence-corrected chi connectivity index (χ0v) is 12.6. The Kier molecular flexibility index (Phi) is 3.09. The molecule has 1 aromatic heterocycles. The van der Waals surface area contributed by atoms with E-state index in [0.717, 1.165) is 5.56 Å². The summed E-state index contributed by atoms with van der Waals surface area (Å²) in [6, 6.07) is 11.8. The van der Waals surface area contributed by atoms with Crippen LogP contribution >= 0.6 is 11.6 Å². The number of hydrogen-bond acceptors (Lipinski definition) is 4. The number of aromatic hydroxyl groups is 1. The largest absolute Gasteiger partial charge is 0.508 e. The molecule has 6 heteroatoms. The summed E-state index contributed by atoms with van der Waals surface area (Å²) in [6.07, 6.45) is 0.411. The quantitative estimate of drug-likeness (QED) is 0.561. The normalized spacial score (nSPS) is 12.2. The van der Waals surface area contributed by atoms with Gasteiger partial charge in [0, 0.05) is 22.6 Å². The molecule has 0 unspecified atom stereocenters. The van der Waals surface area contributed by atoms with E-state index in [1.165, 1.54) is 6.07 Å². The molecule has 0 spiro atoms. The van der Waals surface area contributed by atoms with Crippen LogP contribution in [0.25, 0.3) is 11.4 Å². The maximum Gasteiger partial charge on any atom is 0.258 e. The van der Waals surface area contributed by atoms with Crippen LogP contribution in [0.2, 0.25) is 5.02 Å². The molecule has 1 aliphatic rings. The Hall–Kier alpha value is -2.79. The Morgan fingerprint density at radius 3 is 2.91 bits per heavy atom. The first-order valence-corrected chi connectivity index (χ1v) is 7.37. The zero-order chi connectivity index (χ0) is 16.0. The van der Waals surface area contributed by atoms with E-state index in [1.807, 2.05) is 0 Å². The SMILES string of the molecule is O=c1[nH]c(-c2cccc(O)c2)nc2c1Cc1cc(Cl)ccc1O2. The molecule has 2 heterocycles. The molecule has 0 bridgehead atoms. The first-order chi connectivity index (χ1) is 11.1. The van der Waals surface area contributed by atoms with E-state index in [-0.39, 0.29) is 17.2 Å². The van der Waals surface area contributed by atoms with Crippen LogP contribution in [0.5, 0.6) is 17.4 Å². The minimum atomic E-state index is -0.265. The maximum atomic E-state index is 12.4. The van der Waals surface area contributed by atoms with Crippen molar-refractivity contribution in [1.29, 1.82) is 0 Å². The molecule has 3 aromatic rings. The van der Waals surface area contributed by atoms with Gasteiger partial charge in [-0.2, -0.15) is 4.98 Å². The minimum absolute atomic E-state index is 0.101.